The minimum atomic E-state index is -0.313. The zero-order valence-corrected chi connectivity index (χ0v) is 16.1. The summed E-state index contributed by atoms with van der Waals surface area (Å²) in [5.41, 5.74) is 1.94. The van der Waals surface area contributed by atoms with E-state index in [2.05, 4.69) is 16.0 Å². The Morgan fingerprint density at radius 3 is 2.33 bits per heavy atom. The fourth-order valence-electron chi connectivity index (χ4n) is 2.25. The average Bonchev–Trinajstić information content (AvgIpc) is 2.62. The molecule has 3 N–H and O–H groups in total. The molecule has 0 fully saturated rings. The molecule has 8 heteroatoms. The highest BCUT2D eigenvalue weighted by Crippen LogP contribution is 2.26. The molecule has 0 saturated carbocycles. The SMILES string of the molecule is CCCC(=O)Nc1ccc(Cl)c(NCC(=O)Nc2ccc(C#N)c(Cl)c2)c1. The third-order valence-electron chi connectivity index (χ3n) is 3.54. The first-order valence-electron chi connectivity index (χ1n) is 8.25. The lowest BCUT2D eigenvalue weighted by molar-refractivity contribution is -0.116. The van der Waals surface area contributed by atoms with Gasteiger partial charge in [0.25, 0.3) is 0 Å². The Morgan fingerprint density at radius 2 is 1.67 bits per heavy atom. The number of anilines is 3. The molecule has 2 rings (SSSR count). The maximum absolute atomic E-state index is 12.1. The van der Waals surface area contributed by atoms with Gasteiger partial charge in [0, 0.05) is 17.8 Å². The molecule has 140 valence electrons. The minimum Gasteiger partial charge on any atom is -0.375 e. The van der Waals surface area contributed by atoms with E-state index in [1.807, 2.05) is 13.0 Å². The number of hydrogen-bond donors (Lipinski definition) is 3. The predicted molar refractivity (Wildman–Crippen MR) is 108 cm³/mol. The zero-order valence-electron chi connectivity index (χ0n) is 14.6. The summed E-state index contributed by atoms with van der Waals surface area (Å²) >= 11 is 12.1. The average molecular weight is 405 g/mol. The summed E-state index contributed by atoms with van der Waals surface area (Å²) in [5, 5.41) is 17.9. The fraction of sp³-hybridized carbons (Fsp3) is 0.211. The molecule has 2 aromatic rings. The molecule has 0 radical (unpaired) electrons. The summed E-state index contributed by atoms with van der Waals surface area (Å²) < 4.78 is 0. The summed E-state index contributed by atoms with van der Waals surface area (Å²) in [6.07, 6.45) is 1.19. The van der Waals surface area contributed by atoms with Gasteiger partial charge in [0.2, 0.25) is 11.8 Å². The van der Waals surface area contributed by atoms with Gasteiger partial charge in [-0.3, -0.25) is 9.59 Å². The van der Waals surface area contributed by atoms with Gasteiger partial charge >= 0.3 is 0 Å². The third-order valence-corrected chi connectivity index (χ3v) is 4.18. The van der Waals surface area contributed by atoms with Crippen molar-refractivity contribution in [2.24, 2.45) is 0 Å². The Labute approximate surface area is 167 Å². The second-order valence-electron chi connectivity index (χ2n) is 5.70. The Bertz CT molecular complexity index is 894. The van der Waals surface area contributed by atoms with Crippen molar-refractivity contribution in [3.63, 3.8) is 0 Å². The first-order chi connectivity index (χ1) is 12.9. The monoisotopic (exact) mass is 404 g/mol. The van der Waals surface area contributed by atoms with E-state index in [9.17, 15) is 9.59 Å². The van der Waals surface area contributed by atoms with E-state index in [0.29, 0.717) is 34.1 Å². The molecule has 2 aromatic carbocycles. The number of benzene rings is 2. The van der Waals surface area contributed by atoms with Crippen molar-refractivity contribution in [3.8, 4) is 6.07 Å². The number of carbonyl (C=O) groups excluding carboxylic acids is 2. The zero-order chi connectivity index (χ0) is 19.8. The first kappa shape index (κ1) is 20.6. The minimum absolute atomic E-state index is 0.0380. The van der Waals surface area contributed by atoms with Crippen molar-refractivity contribution in [1.82, 2.24) is 0 Å². The topological polar surface area (TPSA) is 94.0 Å². The molecule has 0 saturated heterocycles. The van der Waals surface area contributed by atoms with Crippen LogP contribution in [0.1, 0.15) is 25.3 Å². The van der Waals surface area contributed by atoms with Gasteiger partial charge in [0.15, 0.2) is 0 Å². The van der Waals surface area contributed by atoms with Crippen LogP contribution in [0.4, 0.5) is 17.1 Å². The quantitative estimate of drug-likeness (QED) is 0.625. The molecule has 0 aliphatic heterocycles. The first-order valence-corrected chi connectivity index (χ1v) is 9.01. The van der Waals surface area contributed by atoms with Gasteiger partial charge in [-0.25, -0.2) is 0 Å². The van der Waals surface area contributed by atoms with E-state index in [-0.39, 0.29) is 23.4 Å². The molecule has 6 nitrogen and oxygen atoms in total. The van der Waals surface area contributed by atoms with Crippen molar-refractivity contribution in [3.05, 3.63) is 52.0 Å². The van der Waals surface area contributed by atoms with E-state index < -0.39 is 0 Å². The lowest BCUT2D eigenvalue weighted by Crippen LogP contribution is -2.22. The smallest absolute Gasteiger partial charge is 0.243 e. The highest BCUT2D eigenvalue weighted by molar-refractivity contribution is 6.33. The van der Waals surface area contributed by atoms with Crippen LogP contribution in [0.2, 0.25) is 10.0 Å². The largest absolute Gasteiger partial charge is 0.375 e. The molecule has 0 bridgehead atoms. The Kier molecular flexibility index (Phi) is 7.47. The molecule has 2 amide bonds. The molecule has 0 heterocycles. The van der Waals surface area contributed by atoms with Crippen molar-refractivity contribution < 1.29 is 9.59 Å². The molecule has 0 aliphatic rings. The highest BCUT2D eigenvalue weighted by atomic mass is 35.5. The summed E-state index contributed by atoms with van der Waals surface area (Å²) in [5.74, 6) is -0.395. The number of nitriles is 1. The molecule has 0 aliphatic carbocycles. The Morgan fingerprint density at radius 1 is 1.00 bits per heavy atom. The summed E-state index contributed by atoms with van der Waals surface area (Å²) in [6.45, 7) is 1.89. The van der Waals surface area contributed by atoms with E-state index in [1.165, 1.54) is 12.1 Å². The number of nitrogens with one attached hydrogen (secondary N) is 3. The number of halogens is 2. The van der Waals surface area contributed by atoms with Crippen LogP contribution in [0.5, 0.6) is 0 Å². The number of amides is 2. The molecule has 0 spiro atoms. The highest BCUT2D eigenvalue weighted by Gasteiger charge is 2.08. The lowest BCUT2D eigenvalue weighted by Gasteiger charge is -2.12. The van der Waals surface area contributed by atoms with Crippen LogP contribution >= 0.6 is 23.2 Å². The molecule has 0 atom stereocenters. The van der Waals surface area contributed by atoms with Crippen molar-refractivity contribution in [1.29, 1.82) is 5.26 Å². The summed E-state index contributed by atoms with van der Waals surface area (Å²) in [7, 11) is 0. The molecule has 0 aromatic heterocycles. The number of hydrogen-bond acceptors (Lipinski definition) is 4. The van der Waals surface area contributed by atoms with Crippen LogP contribution in [-0.2, 0) is 9.59 Å². The van der Waals surface area contributed by atoms with Crippen LogP contribution in [0, 0.1) is 11.3 Å². The van der Waals surface area contributed by atoms with Gasteiger partial charge < -0.3 is 16.0 Å². The van der Waals surface area contributed by atoms with Crippen LogP contribution in [0.3, 0.4) is 0 Å². The molecule has 27 heavy (non-hydrogen) atoms. The van der Waals surface area contributed by atoms with E-state index >= 15 is 0 Å². The van der Waals surface area contributed by atoms with Gasteiger partial charge in [-0.05, 0) is 42.8 Å². The van der Waals surface area contributed by atoms with Gasteiger partial charge in [-0.15, -0.1) is 0 Å². The summed E-state index contributed by atoms with van der Waals surface area (Å²) in [6, 6.07) is 11.6. The van der Waals surface area contributed by atoms with Crippen molar-refractivity contribution in [2.75, 3.05) is 22.5 Å². The maximum atomic E-state index is 12.1. The Balaban J connectivity index is 1.97. The van der Waals surface area contributed by atoms with Gasteiger partial charge in [0.05, 0.1) is 27.8 Å². The maximum Gasteiger partial charge on any atom is 0.243 e. The predicted octanol–water partition coefficient (Wildman–Crippen LogP) is 4.65. The van der Waals surface area contributed by atoms with Gasteiger partial charge in [-0.2, -0.15) is 5.26 Å². The Hall–Kier alpha value is -2.75. The molecular formula is C19H18Cl2N4O2. The number of rotatable bonds is 7. The van der Waals surface area contributed by atoms with Crippen molar-refractivity contribution >= 4 is 52.1 Å². The van der Waals surface area contributed by atoms with Crippen LogP contribution < -0.4 is 16.0 Å². The van der Waals surface area contributed by atoms with Crippen LogP contribution in [0.25, 0.3) is 0 Å². The molecule has 0 unspecified atom stereocenters. The fourth-order valence-corrected chi connectivity index (χ4v) is 2.66. The summed E-state index contributed by atoms with van der Waals surface area (Å²) in [4.78, 5) is 23.8. The normalized spacial score (nSPS) is 10.0. The molecular weight excluding hydrogens is 387 g/mol. The number of nitrogens with zero attached hydrogens (tertiary/aromatic N) is 1. The van der Waals surface area contributed by atoms with Crippen LogP contribution in [-0.4, -0.2) is 18.4 Å². The van der Waals surface area contributed by atoms with Crippen LogP contribution in [0.15, 0.2) is 36.4 Å². The van der Waals surface area contributed by atoms with Gasteiger partial charge in [-0.1, -0.05) is 30.1 Å². The lowest BCUT2D eigenvalue weighted by atomic mass is 10.2. The van der Waals surface area contributed by atoms with E-state index in [0.717, 1.165) is 6.42 Å². The standard InChI is InChI=1S/C19H18Cl2N4O2/c1-2-3-18(26)24-14-6-7-15(20)17(9-14)23-11-19(27)25-13-5-4-12(10-22)16(21)8-13/h4-9,23H,2-3,11H2,1H3,(H,24,26)(H,25,27). The van der Waals surface area contributed by atoms with E-state index in [4.69, 9.17) is 28.5 Å². The second kappa shape index (κ2) is 9.81. The second-order valence-corrected chi connectivity index (χ2v) is 6.52. The van der Waals surface area contributed by atoms with Gasteiger partial charge in [0.1, 0.15) is 6.07 Å². The number of carbonyl (C=O) groups is 2. The third kappa shape index (κ3) is 6.17. The van der Waals surface area contributed by atoms with Crippen molar-refractivity contribution in [2.45, 2.75) is 19.8 Å². The van der Waals surface area contributed by atoms with E-state index in [1.54, 1.807) is 24.3 Å².